The maximum atomic E-state index is 13.5. The van der Waals surface area contributed by atoms with Gasteiger partial charge < -0.3 is 19.7 Å². The quantitative estimate of drug-likeness (QED) is 0.311. The smallest absolute Gasteiger partial charge is 0.261 e. The molecule has 0 aromatic heterocycles. The average Bonchev–Trinajstić information content (AvgIpc) is 2.89. The van der Waals surface area contributed by atoms with Crippen molar-refractivity contribution in [1.82, 2.24) is 10.2 Å². The van der Waals surface area contributed by atoms with Gasteiger partial charge in [0.05, 0.1) is 5.02 Å². The minimum Gasteiger partial charge on any atom is -0.482 e. The Morgan fingerprint density at radius 2 is 1.61 bits per heavy atom. The van der Waals surface area contributed by atoms with Crippen molar-refractivity contribution in [3.05, 3.63) is 100 Å². The van der Waals surface area contributed by atoms with Crippen LogP contribution in [0.1, 0.15) is 17.5 Å². The molecule has 2 amide bonds. The summed E-state index contributed by atoms with van der Waals surface area (Å²) in [6.07, 6.45) is 1.02. The highest BCUT2D eigenvalue weighted by atomic mass is 35.5. The zero-order chi connectivity index (χ0) is 25.8. The van der Waals surface area contributed by atoms with Crippen molar-refractivity contribution in [3.63, 3.8) is 0 Å². The minimum absolute atomic E-state index is 0.213. The normalized spacial score (nSPS) is 11.5. The lowest BCUT2D eigenvalue weighted by atomic mass is 10.0. The summed E-state index contributed by atoms with van der Waals surface area (Å²) in [6, 6.07) is 23.0. The molecule has 36 heavy (non-hydrogen) atoms. The van der Waals surface area contributed by atoms with Crippen LogP contribution in [0.2, 0.25) is 10.0 Å². The average molecular weight is 529 g/mol. The molecule has 6 nitrogen and oxygen atoms in total. The van der Waals surface area contributed by atoms with Crippen molar-refractivity contribution < 1.29 is 19.1 Å². The summed E-state index contributed by atoms with van der Waals surface area (Å²) in [5.41, 5.74) is 1.78. The lowest BCUT2D eigenvalue weighted by Gasteiger charge is -2.31. The predicted molar refractivity (Wildman–Crippen MR) is 142 cm³/mol. The molecule has 0 radical (unpaired) electrons. The number of halogens is 2. The molecule has 0 saturated carbocycles. The molecule has 0 spiro atoms. The predicted octanol–water partition coefficient (Wildman–Crippen LogP) is 5.17. The van der Waals surface area contributed by atoms with E-state index in [2.05, 4.69) is 5.32 Å². The van der Waals surface area contributed by atoms with Crippen LogP contribution in [-0.4, -0.2) is 49.6 Å². The van der Waals surface area contributed by atoms with E-state index in [9.17, 15) is 9.59 Å². The van der Waals surface area contributed by atoms with Crippen LogP contribution < -0.4 is 10.1 Å². The van der Waals surface area contributed by atoms with Crippen molar-refractivity contribution >= 4 is 35.0 Å². The largest absolute Gasteiger partial charge is 0.482 e. The Labute approximate surface area is 222 Å². The van der Waals surface area contributed by atoms with Gasteiger partial charge >= 0.3 is 0 Å². The Balaban J connectivity index is 1.87. The number of nitrogens with one attached hydrogen (secondary N) is 1. The third-order valence-electron chi connectivity index (χ3n) is 5.55. The van der Waals surface area contributed by atoms with Gasteiger partial charge in [-0.3, -0.25) is 9.59 Å². The van der Waals surface area contributed by atoms with Gasteiger partial charge in [-0.25, -0.2) is 0 Å². The first-order chi connectivity index (χ1) is 17.5. The fourth-order valence-corrected chi connectivity index (χ4v) is 3.99. The van der Waals surface area contributed by atoms with Gasteiger partial charge in [-0.1, -0.05) is 77.8 Å². The van der Waals surface area contributed by atoms with E-state index >= 15 is 0 Å². The molecule has 8 heteroatoms. The number of hydrogen-bond donors (Lipinski definition) is 1. The van der Waals surface area contributed by atoms with Crippen molar-refractivity contribution in [3.8, 4) is 5.75 Å². The molecule has 1 atom stereocenters. The molecule has 1 N–H and O–H groups in total. The third-order valence-corrected chi connectivity index (χ3v) is 6.11. The van der Waals surface area contributed by atoms with Gasteiger partial charge in [-0.15, -0.1) is 0 Å². The number of amides is 2. The number of carbonyl (C=O) groups excluding carboxylic acids is 2. The van der Waals surface area contributed by atoms with Crippen molar-refractivity contribution in [2.45, 2.75) is 25.4 Å². The van der Waals surface area contributed by atoms with Crippen LogP contribution in [0.15, 0.2) is 78.9 Å². The molecule has 0 heterocycles. The second-order valence-corrected chi connectivity index (χ2v) is 9.05. The first kappa shape index (κ1) is 27.5. The maximum absolute atomic E-state index is 13.5. The minimum atomic E-state index is -0.757. The van der Waals surface area contributed by atoms with Gasteiger partial charge in [0.15, 0.2) is 6.61 Å². The molecule has 0 aliphatic rings. The van der Waals surface area contributed by atoms with E-state index in [1.165, 1.54) is 0 Å². The highest BCUT2D eigenvalue weighted by Crippen LogP contribution is 2.23. The van der Waals surface area contributed by atoms with Crippen LogP contribution in [0, 0.1) is 0 Å². The molecule has 0 saturated heterocycles. The molecular weight excluding hydrogens is 499 g/mol. The van der Waals surface area contributed by atoms with E-state index in [0.29, 0.717) is 41.8 Å². The van der Waals surface area contributed by atoms with Gasteiger partial charge in [0.2, 0.25) is 5.91 Å². The zero-order valence-electron chi connectivity index (χ0n) is 20.2. The first-order valence-electron chi connectivity index (χ1n) is 11.7. The summed E-state index contributed by atoms with van der Waals surface area (Å²) in [5.74, 6) is -0.171. The zero-order valence-corrected chi connectivity index (χ0v) is 21.7. The first-order valence-corrected chi connectivity index (χ1v) is 12.5. The van der Waals surface area contributed by atoms with Gasteiger partial charge in [0, 0.05) is 38.2 Å². The van der Waals surface area contributed by atoms with Crippen LogP contribution in [0.5, 0.6) is 5.75 Å². The molecule has 0 aliphatic heterocycles. The highest BCUT2D eigenvalue weighted by molar-refractivity contribution is 6.32. The summed E-state index contributed by atoms with van der Waals surface area (Å²) >= 11 is 12.3. The van der Waals surface area contributed by atoms with Crippen LogP contribution in [-0.2, 0) is 27.3 Å². The number of methoxy groups -OCH3 is 1. The number of hydrogen-bond acceptors (Lipinski definition) is 4. The van der Waals surface area contributed by atoms with Crippen molar-refractivity contribution in [1.29, 1.82) is 0 Å². The van der Waals surface area contributed by atoms with Gasteiger partial charge in [0.25, 0.3) is 5.91 Å². The fraction of sp³-hybridized carbons (Fsp3) is 0.286. The Hall–Kier alpha value is -3.06. The second kappa shape index (κ2) is 14.5. The van der Waals surface area contributed by atoms with Crippen LogP contribution in [0.25, 0.3) is 0 Å². The van der Waals surface area contributed by atoms with Gasteiger partial charge in [-0.2, -0.15) is 0 Å². The third kappa shape index (κ3) is 8.55. The van der Waals surface area contributed by atoms with Gasteiger partial charge in [-0.05, 0) is 41.8 Å². The van der Waals surface area contributed by atoms with Crippen LogP contribution >= 0.6 is 23.2 Å². The number of nitrogens with zero attached hydrogens (tertiary/aromatic N) is 1. The van der Waals surface area contributed by atoms with E-state index in [1.807, 2.05) is 42.5 Å². The lowest BCUT2D eigenvalue weighted by Crippen LogP contribution is -2.51. The number of carbonyl (C=O) groups is 2. The summed E-state index contributed by atoms with van der Waals surface area (Å²) in [5, 5.41) is 3.96. The summed E-state index contributed by atoms with van der Waals surface area (Å²) in [4.78, 5) is 28.5. The molecular formula is C28H30Cl2N2O4. The number of rotatable bonds is 13. The molecule has 3 aromatic carbocycles. The summed E-state index contributed by atoms with van der Waals surface area (Å²) < 4.78 is 10.8. The molecule has 0 bridgehead atoms. The van der Waals surface area contributed by atoms with E-state index in [-0.39, 0.29) is 25.0 Å². The van der Waals surface area contributed by atoms with E-state index in [4.69, 9.17) is 32.7 Å². The van der Waals surface area contributed by atoms with Crippen LogP contribution in [0.4, 0.5) is 0 Å². The van der Waals surface area contributed by atoms with E-state index < -0.39 is 6.04 Å². The van der Waals surface area contributed by atoms with E-state index in [0.717, 1.165) is 11.1 Å². The Morgan fingerprint density at radius 3 is 2.31 bits per heavy atom. The molecule has 3 aromatic rings. The molecule has 3 rings (SSSR count). The Bertz CT molecular complexity index is 1110. The lowest BCUT2D eigenvalue weighted by molar-refractivity contribution is -0.142. The standard InChI is InChI=1S/C28H30Cl2N2O4/c1-35-17-7-16-31-28(34)25(18-21-8-3-2-4-9-21)32(19-22-12-14-23(29)15-13-22)27(33)20-36-26-11-6-5-10-24(26)30/h2-6,8-15,25H,7,16-20H2,1H3,(H,31,34)/t25-/m0/s1. The Kier molecular flexibility index (Phi) is 11.1. The highest BCUT2D eigenvalue weighted by Gasteiger charge is 2.30. The number of benzene rings is 3. The summed E-state index contributed by atoms with van der Waals surface area (Å²) in [6.45, 7) is 0.921. The van der Waals surface area contributed by atoms with Gasteiger partial charge in [0.1, 0.15) is 11.8 Å². The maximum Gasteiger partial charge on any atom is 0.261 e. The number of para-hydroxylation sites is 1. The SMILES string of the molecule is COCCCNC(=O)[C@H](Cc1ccccc1)N(Cc1ccc(Cl)cc1)C(=O)COc1ccccc1Cl. The van der Waals surface area contributed by atoms with Crippen LogP contribution in [0.3, 0.4) is 0 Å². The molecule has 0 aliphatic carbocycles. The second-order valence-electron chi connectivity index (χ2n) is 8.21. The summed E-state index contributed by atoms with van der Waals surface area (Å²) in [7, 11) is 1.62. The monoisotopic (exact) mass is 528 g/mol. The van der Waals surface area contributed by atoms with E-state index in [1.54, 1.807) is 48.4 Å². The van der Waals surface area contributed by atoms with Crippen molar-refractivity contribution in [2.24, 2.45) is 0 Å². The fourth-order valence-electron chi connectivity index (χ4n) is 3.67. The molecule has 0 unspecified atom stereocenters. The van der Waals surface area contributed by atoms with Crippen molar-refractivity contribution in [2.75, 3.05) is 26.9 Å². The molecule has 0 fully saturated rings. The molecule has 190 valence electrons. The topological polar surface area (TPSA) is 67.9 Å². The number of ether oxygens (including phenoxy) is 2. The Morgan fingerprint density at radius 1 is 0.917 bits per heavy atom.